The van der Waals surface area contributed by atoms with Crippen molar-refractivity contribution >= 4 is 40.3 Å². The van der Waals surface area contributed by atoms with Crippen LogP contribution in [0, 0.1) is 0 Å². The predicted molar refractivity (Wildman–Crippen MR) is 95.0 cm³/mol. The largest absolute Gasteiger partial charge is 0.488 e. The lowest BCUT2D eigenvalue weighted by molar-refractivity contribution is 0.142. The lowest BCUT2D eigenvalue weighted by Gasteiger charge is -2.27. The number of nitrogens with one attached hydrogen (secondary N) is 3. The second-order valence-electron chi connectivity index (χ2n) is 5.01. The molecule has 0 aliphatic carbocycles. The van der Waals surface area contributed by atoms with Gasteiger partial charge in [0.2, 0.25) is 0 Å². The fraction of sp³-hybridized carbons (Fsp3) is 0.188. The van der Waals surface area contributed by atoms with Crippen molar-refractivity contribution in [2.75, 3.05) is 23.7 Å². The first-order chi connectivity index (χ1) is 10.7. The third-order valence-electron chi connectivity index (χ3n) is 3.26. The molecule has 2 aromatic rings. The monoisotopic (exact) mass is 333 g/mol. The highest BCUT2D eigenvalue weighted by Crippen LogP contribution is 2.18. The second-order valence-corrected chi connectivity index (χ2v) is 5.85. The normalized spacial score (nSPS) is 14.0. The molecule has 0 atom stereocenters. The first-order valence-electron chi connectivity index (χ1n) is 7.00. The quantitative estimate of drug-likeness (QED) is 0.747. The summed E-state index contributed by atoms with van der Waals surface area (Å²) >= 11 is 11.1. The summed E-state index contributed by atoms with van der Waals surface area (Å²) in [4.78, 5) is 0. The zero-order chi connectivity index (χ0) is 15.4. The third-order valence-corrected chi connectivity index (χ3v) is 3.72. The molecule has 0 bridgehead atoms. The summed E-state index contributed by atoms with van der Waals surface area (Å²) in [5, 5.41) is 10.6. The summed E-state index contributed by atoms with van der Waals surface area (Å²) in [6.07, 6.45) is 0.284. The van der Waals surface area contributed by atoms with E-state index in [4.69, 9.17) is 28.6 Å². The maximum atomic E-state index is 5.85. The SMILES string of the molecule is S=C(Nc1ccc(Cl)cc1)Nc1ccc(OC2CNC2)cc1. The molecule has 1 aliphatic heterocycles. The Morgan fingerprint density at radius 1 is 1.00 bits per heavy atom. The molecule has 2 aromatic carbocycles. The maximum Gasteiger partial charge on any atom is 0.175 e. The van der Waals surface area contributed by atoms with Crippen LogP contribution >= 0.6 is 23.8 Å². The molecule has 3 N–H and O–H groups in total. The Bertz CT molecular complexity index is 641. The molecule has 0 amide bonds. The van der Waals surface area contributed by atoms with E-state index in [0.717, 1.165) is 30.2 Å². The average molecular weight is 334 g/mol. The molecule has 0 saturated carbocycles. The Hall–Kier alpha value is -1.82. The molecule has 0 spiro atoms. The van der Waals surface area contributed by atoms with Gasteiger partial charge in [0.15, 0.2) is 5.11 Å². The van der Waals surface area contributed by atoms with Crippen LogP contribution in [-0.2, 0) is 0 Å². The summed E-state index contributed by atoms with van der Waals surface area (Å²) in [6, 6.07) is 15.1. The topological polar surface area (TPSA) is 45.3 Å². The zero-order valence-electron chi connectivity index (χ0n) is 11.8. The predicted octanol–water partition coefficient (Wildman–Crippen LogP) is 3.50. The Morgan fingerprint density at radius 2 is 1.55 bits per heavy atom. The number of benzene rings is 2. The van der Waals surface area contributed by atoms with Gasteiger partial charge in [-0.15, -0.1) is 0 Å². The van der Waals surface area contributed by atoms with Gasteiger partial charge in [-0.05, 0) is 60.7 Å². The fourth-order valence-corrected chi connectivity index (χ4v) is 2.34. The van der Waals surface area contributed by atoms with E-state index < -0.39 is 0 Å². The van der Waals surface area contributed by atoms with E-state index in [2.05, 4.69) is 16.0 Å². The number of ether oxygens (including phenoxy) is 1. The molecule has 114 valence electrons. The van der Waals surface area contributed by atoms with E-state index in [9.17, 15) is 0 Å². The van der Waals surface area contributed by atoms with E-state index in [1.54, 1.807) is 0 Å². The van der Waals surface area contributed by atoms with Crippen LogP contribution in [-0.4, -0.2) is 24.3 Å². The van der Waals surface area contributed by atoms with Gasteiger partial charge in [-0.3, -0.25) is 0 Å². The summed E-state index contributed by atoms with van der Waals surface area (Å²) in [6.45, 7) is 1.82. The highest BCUT2D eigenvalue weighted by Gasteiger charge is 2.17. The number of halogens is 1. The van der Waals surface area contributed by atoms with Crippen LogP contribution in [0.4, 0.5) is 11.4 Å². The molecule has 22 heavy (non-hydrogen) atoms. The molecule has 1 aliphatic rings. The fourth-order valence-electron chi connectivity index (χ4n) is 1.98. The van der Waals surface area contributed by atoms with Gasteiger partial charge < -0.3 is 20.7 Å². The first kappa shape index (κ1) is 15.1. The van der Waals surface area contributed by atoms with E-state index in [0.29, 0.717) is 10.1 Å². The van der Waals surface area contributed by atoms with E-state index in [-0.39, 0.29) is 6.10 Å². The van der Waals surface area contributed by atoms with Gasteiger partial charge in [-0.2, -0.15) is 0 Å². The van der Waals surface area contributed by atoms with E-state index in [1.807, 2.05) is 48.5 Å². The second kappa shape index (κ2) is 6.96. The minimum Gasteiger partial charge on any atom is -0.488 e. The maximum absolute atomic E-state index is 5.85. The van der Waals surface area contributed by atoms with Crippen LogP contribution in [0.5, 0.6) is 5.75 Å². The summed E-state index contributed by atoms with van der Waals surface area (Å²) in [7, 11) is 0. The molecule has 0 aromatic heterocycles. The average Bonchev–Trinajstić information content (AvgIpc) is 2.47. The molecule has 6 heteroatoms. The van der Waals surface area contributed by atoms with Crippen LogP contribution < -0.4 is 20.7 Å². The van der Waals surface area contributed by atoms with Gasteiger partial charge in [-0.1, -0.05) is 11.6 Å². The first-order valence-corrected chi connectivity index (χ1v) is 7.79. The van der Waals surface area contributed by atoms with Gasteiger partial charge in [0, 0.05) is 29.5 Å². The van der Waals surface area contributed by atoms with Gasteiger partial charge in [0.05, 0.1) is 0 Å². The van der Waals surface area contributed by atoms with E-state index >= 15 is 0 Å². The summed E-state index contributed by atoms with van der Waals surface area (Å²) in [5.41, 5.74) is 1.80. The third kappa shape index (κ3) is 4.10. The smallest absolute Gasteiger partial charge is 0.175 e. The highest BCUT2D eigenvalue weighted by molar-refractivity contribution is 7.80. The van der Waals surface area contributed by atoms with Crippen molar-refractivity contribution in [1.29, 1.82) is 0 Å². The molecule has 1 fully saturated rings. The molecular formula is C16H16ClN3OS. The Kier molecular flexibility index (Phi) is 4.77. The van der Waals surface area contributed by atoms with Gasteiger partial charge in [0.25, 0.3) is 0 Å². The Morgan fingerprint density at radius 3 is 2.05 bits per heavy atom. The Balaban J connectivity index is 1.53. The van der Waals surface area contributed by atoms with Crippen LogP contribution in [0.1, 0.15) is 0 Å². The molecule has 0 radical (unpaired) electrons. The van der Waals surface area contributed by atoms with Crippen molar-refractivity contribution in [3.63, 3.8) is 0 Å². The molecule has 1 heterocycles. The van der Waals surface area contributed by atoms with Crippen LogP contribution in [0.25, 0.3) is 0 Å². The van der Waals surface area contributed by atoms with Crippen molar-refractivity contribution in [2.24, 2.45) is 0 Å². The summed E-state index contributed by atoms with van der Waals surface area (Å²) < 4.78 is 5.77. The van der Waals surface area contributed by atoms with Gasteiger partial charge in [-0.25, -0.2) is 0 Å². The molecule has 4 nitrogen and oxygen atoms in total. The van der Waals surface area contributed by atoms with Crippen molar-refractivity contribution in [3.8, 4) is 5.75 Å². The van der Waals surface area contributed by atoms with Crippen molar-refractivity contribution in [3.05, 3.63) is 53.6 Å². The van der Waals surface area contributed by atoms with Crippen LogP contribution in [0.15, 0.2) is 48.5 Å². The number of rotatable bonds is 4. The van der Waals surface area contributed by atoms with Crippen molar-refractivity contribution in [1.82, 2.24) is 5.32 Å². The summed E-state index contributed by atoms with van der Waals surface area (Å²) in [5.74, 6) is 0.869. The number of hydrogen-bond acceptors (Lipinski definition) is 3. The number of thiocarbonyl (C=S) groups is 1. The number of anilines is 2. The minimum absolute atomic E-state index is 0.284. The molecule has 3 rings (SSSR count). The van der Waals surface area contributed by atoms with Crippen molar-refractivity contribution in [2.45, 2.75) is 6.10 Å². The molecular weight excluding hydrogens is 318 g/mol. The Labute approximate surface area is 139 Å². The molecule has 0 unspecified atom stereocenters. The lowest BCUT2D eigenvalue weighted by Crippen LogP contribution is -2.50. The minimum atomic E-state index is 0.284. The van der Waals surface area contributed by atoms with Crippen LogP contribution in [0.3, 0.4) is 0 Å². The standard InChI is InChI=1S/C16H16ClN3OS/c17-11-1-3-12(4-2-11)19-16(22)20-13-5-7-14(8-6-13)21-15-9-18-10-15/h1-8,15,18H,9-10H2,(H2,19,20,22). The zero-order valence-corrected chi connectivity index (χ0v) is 13.4. The van der Waals surface area contributed by atoms with E-state index in [1.165, 1.54) is 0 Å². The van der Waals surface area contributed by atoms with Crippen LogP contribution in [0.2, 0.25) is 5.02 Å². The number of hydrogen-bond donors (Lipinski definition) is 3. The van der Waals surface area contributed by atoms with Gasteiger partial charge in [0.1, 0.15) is 11.9 Å². The molecule has 1 saturated heterocycles. The van der Waals surface area contributed by atoms with Crippen molar-refractivity contribution < 1.29 is 4.74 Å². The highest BCUT2D eigenvalue weighted by atomic mass is 35.5. The lowest BCUT2D eigenvalue weighted by atomic mass is 10.2. The van der Waals surface area contributed by atoms with Gasteiger partial charge >= 0.3 is 0 Å².